The fourth-order valence-corrected chi connectivity index (χ4v) is 1.58. The Morgan fingerprint density at radius 1 is 1.10 bits per heavy atom. The number of carbonyl (C=O) groups is 2. The van der Waals surface area contributed by atoms with E-state index >= 15 is 0 Å². The van der Waals surface area contributed by atoms with Crippen LogP contribution in [0.25, 0.3) is 0 Å². The molecular formula is C15H13NO4. The summed E-state index contributed by atoms with van der Waals surface area (Å²) >= 11 is 0. The van der Waals surface area contributed by atoms with E-state index < -0.39 is 5.97 Å². The first kappa shape index (κ1) is 13.7. The summed E-state index contributed by atoms with van der Waals surface area (Å²) in [6.45, 7) is -0.311. The van der Waals surface area contributed by atoms with Crippen molar-refractivity contribution < 1.29 is 19.1 Å². The highest BCUT2D eigenvalue weighted by Crippen LogP contribution is 2.13. The average molecular weight is 271 g/mol. The Morgan fingerprint density at radius 2 is 1.85 bits per heavy atom. The molecule has 0 bridgehead atoms. The number of rotatable bonds is 5. The third kappa shape index (κ3) is 3.41. The normalized spacial score (nSPS) is 9.85. The molecule has 0 atom stereocenters. The lowest BCUT2D eigenvalue weighted by Crippen LogP contribution is -2.14. The van der Waals surface area contributed by atoms with Gasteiger partial charge in [-0.25, -0.2) is 4.79 Å². The monoisotopic (exact) mass is 271 g/mol. The number of Topliss-reactive ketones (excluding diaryl/α,β-unsaturated/α-hetero) is 1. The number of hydrogen-bond acceptors (Lipinski definition) is 5. The van der Waals surface area contributed by atoms with E-state index in [1.807, 2.05) is 0 Å². The fourth-order valence-electron chi connectivity index (χ4n) is 1.58. The van der Waals surface area contributed by atoms with E-state index in [1.165, 1.54) is 31.6 Å². The summed E-state index contributed by atoms with van der Waals surface area (Å²) in [5.41, 5.74) is 0.797. The van der Waals surface area contributed by atoms with Gasteiger partial charge in [0.25, 0.3) is 0 Å². The van der Waals surface area contributed by atoms with Gasteiger partial charge in [0.2, 0.25) is 0 Å². The zero-order valence-corrected chi connectivity index (χ0v) is 10.9. The molecule has 1 heterocycles. The van der Waals surface area contributed by atoms with Crippen LogP contribution in [0.1, 0.15) is 20.7 Å². The molecule has 5 heteroatoms. The first-order valence-corrected chi connectivity index (χ1v) is 5.95. The maximum atomic E-state index is 11.9. The number of esters is 1. The Morgan fingerprint density at radius 3 is 2.55 bits per heavy atom. The molecule has 5 nitrogen and oxygen atoms in total. The summed E-state index contributed by atoms with van der Waals surface area (Å²) in [5, 5.41) is 0. The van der Waals surface area contributed by atoms with E-state index in [2.05, 4.69) is 4.98 Å². The minimum Gasteiger partial charge on any atom is -0.497 e. The van der Waals surface area contributed by atoms with E-state index in [9.17, 15) is 9.59 Å². The van der Waals surface area contributed by atoms with Crippen molar-refractivity contribution in [3.8, 4) is 5.75 Å². The smallest absolute Gasteiger partial charge is 0.338 e. The molecule has 0 aliphatic rings. The number of pyridine rings is 1. The van der Waals surface area contributed by atoms with Crippen LogP contribution in [0.5, 0.6) is 5.75 Å². The van der Waals surface area contributed by atoms with Crippen LogP contribution in [-0.4, -0.2) is 30.5 Å². The maximum Gasteiger partial charge on any atom is 0.338 e. The molecule has 20 heavy (non-hydrogen) atoms. The minimum atomic E-state index is -0.552. The van der Waals surface area contributed by atoms with Gasteiger partial charge in [-0.15, -0.1) is 0 Å². The van der Waals surface area contributed by atoms with Crippen LogP contribution in [-0.2, 0) is 4.74 Å². The van der Waals surface area contributed by atoms with Crippen LogP contribution < -0.4 is 4.74 Å². The molecule has 1 aromatic heterocycles. The van der Waals surface area contributed by atoms with Gasteiger partial charge in [-0.2, -0.15) is 0 Å². The van der Waals surface area contributed by atoms with Gasteiger partial charge in [0.1, 0.15) is 5.75 Å². The van der Waals surface area contributed by atoms with Gasteiger partial charge in [0, 0.05) is 18.0 Å². The molecule has 0 saturated carbocycles. The molecule has 0 N–H and O–H groups in total. The van der Waals surface area contributed by atoms with Crippen LogP contribution in [0.4, 0.5) is 0 Å². The Kier molecular flexibility index (Phi) is 4.44. The van der Waals surface area contributed by atoms with Gasteiger partial charge in [-0.3, -0.25) is 9.78 Å². The zero-order valence-electron chi connectivity index (χ0n) is 10.9. The largest absolute Gasteiger partial charge is 0.497 e. The highest BCUT2D eigenvalue weighted by molar-refractivity contribution is 5.99. The SMILES string of the molecule is COc1cccc(C(=O)COC(=O)c2ccncc2)c1. The topological polar surface area (TPSA) is 65.5 Å². The predicted octanol–water partition coefficient (Wildman–Crippen LogP) is 2.13. The second-order valence-corrected chi connectivity index (χ2v) is 3.97. The molecule has 0 unspecified atom stereocenters. The van der Waals surface area contributed by atoms with Crippen LogP contribution in [0, 0.1) is 0 Å². The van der Waals surface area contributed by atoms with E-state index in [4.69, 9.17) is 9.47 Å². The van der Waals surface area contributed by atoms with Crippen molar-refractivity contribution in [2.24, 2.45) is 0 Å². The van der Waals surface area contributed by atoms with Crippen molar-refractivity contribution in [2.75, 3.05) is 13.7 Å². The minimum absolute atomic E-state index is 0.286. The number of ketones is 1. The molecule has 0 fully saturated rings. The molecule has 2 aromatic rings. The lowest BCUT2D eigenvalue weighted by molar-refractivity contribution is 0.0474. The number of nitrogens with zero attached hydrogens (tertiary/aromatic N) is 1. The number of carbonyl (C=O) groups excluding carboxylic acids is 2. The van der Waals surface area contributed by atoms with Gasteiger partial charge in [-0.05, 0) is 24.3 Å². The molecule has 0 aliphatic heterocycles. The lowest BCUT2D eigenvalue weighted by atomic mass is 10.1. The van der Waals surface area contributed by atoms with Crippen molar-refractivity contribution >= 4 is 11.8 Å². The second-order valence-electron chi connectivity index (χ2n) is 3.97. The van der Waals surface area contributed by atoms with Gasteiger partial charge in [-0.1, -0.05) is 12.1 Å². The number of ether oxygens (including phenoxy) is 2. The molecule has 0 saturated heterocycles. The highest BCUT2D eigenvalue weighted by Gasteiger charge is 2.12. The number of benzene rings is 1. The van der Waals surface area contributed by atoms with Crippen molar-refractivity contribution in [1.29, 1.82) is 0 Å². The predicted molar refractivity (Wildman–Crippen MR) is 71.8 cm³/mol. The van der Waals surface area contributed by atoms with Crippen molar-refractivity contribution in [3.05, 3.63) is 59.9 Å². The third-order valence-electron chi connectivity index (χ3n) is 2.64. The maximum absolute atomic E-state index is 11.9. The van der Waals surface area contributed by atoms with E-state index in [0.29, 0.717) is 16.9 Å². The molecule has 0 aliphatic carbocycles. The molecule has 0 spiro atoms. The molecule has 2 rings (SSSR count). The summed E-state index contributed by atoms with van der Waals surface area (Å²) in [4.78, 5) is 27.4. The van der Waals surface area contributed by atoms with Crippen molar-refractivity contribution in [3.63, 3.8) is 0 Å². The van der Waals surface area contributed by atoms with Crippen LogP contribution in [0.3, 0.4) is 0 Å². The average Bonchev–Trinajstić information content (AvgIpc) is 2.53. The summed E-state index contributed by atoms with van der Waals surface area (Å²) in [7, 11) is 1.52. The van der Waals surface area contributed by atoms with Crippen molar-refractivity contribution in [1.82, 2.24) is 4.98 Å². The number of methoxy groups -OCH3 is 1. The highest BCUT2D eigenvalue weighted by atomic mass is 16.5. The second kappa shape index (κ2) is 6.47. The van der Waals surface area contributed by atoms with Crippen LogP contribution in [0.2, 0.25) is 0 Å². The van der Waals surface area contributed by atoms with Crippen molar-refractivity contribution in [2.45, 2.75) is 0 Å². The van der Waals surface area contributed by atoms with E-state index in [1.54, 1.807) is 24.3 Å². The molecule has 0 amide bonds. The molecular weight excluding hydrogens is 258 g/mol. The Bertz CT molecular complexity index is 610. The first-order valence-electron chi connectivity index (χ1n) is 5.95. The summed E-state index contributed by atoms with van der Waals surface area (Å²) in [6, 6.07) is 9.74. The van der Waals surface area contributed by atoms with Gasteiger partial charge >= 0.3 is 5.97 Å². The Hall–Kier alpha value is -2.69. The van der Waals surface area contributed by atoms with Gasteiger partial charge < -0.3 is 9.47 Å². The summed E-state index contributed by atoms with van der Waals surface area (Å²) in [6.07, 6.45) is 2.97. The molecule has 0 radical (unpaired) electrons. The Labute approximate surface area is 116 Å². The van der Waals surface area contributed by atoms with Crippen LogP contribution >= 0.6 is 0 Å². The molecule has 102 valence electrons. The first-order chi connectivity index (χ1) is 9.70. The molecule has 1 aromatic carbocycles. The quantitative estimate of drug-likeness (QED) is 0.615. The van der Waals surface area contributed by atoms with E-state index in [0.717, 1.165) is 0 Å². The third-order valence-corrected chi connectivity index (χ3v) is 2.64. The van der Waals surface area contributed by atoms with Crippen LogP contribution in [0.15, 0.2) is 48.8 Å². The lowest BCUT2D eigenvalue weighted by Gasteiger charge is -2.05. The van der Waals surface area contributed by atoms with Gasteiger partial charge in [0.05, 0.1) is 12.7 Å². The number of aromatic nitrogens is 1. The standard InChI is InChI=1S/C15H13NO4/c1-19-13-4-2-3-12(9-13)14(17)10-20-15(18)11-5-7-16-8-6-11/h2-9H,10H2,1H3. The van der Waals surface area contributed by atoms with Gasteiger partial charge in [0.15, 0.2) is 12.4 Å². The zero-order chi connectivity index (χ0) is 14.4. The fraction of sp³-hybridized carbons (Fsp3) is 0.133. The summed E-state index contributed by atoms with van der Waals surface area (Å²) < 4.78 is 9.99. The Balaban J connectivity index is 1.97. The van der Waals surface area contributed by atoms with E-state index in [-0.39, 0.29) is 12.4 Å². The number of hydrogen-bond donors (Lipinski definition) is 0. The summed E-state index contributed by atoms with van der Waals surface area (Å²) in [5.74, 6) is -0.258.